The molecule has 0 aliphatic carbocycles. The molecule has 19 heavy (non-hydrogen) atoms. The summed E-state index contributed by atoms with van der Waals surface area (Å²) < 4.78 is 13.3. The van der Waals surface area contributed by atoms with Crippen molar-refractivity contribution in [2.45, 2.75) is 25.5 Å². The number of halogens is 1. The smallest absolute Gasteiger partial charge is 0.123 e. The lowest BCUT2D eigenvalue weighted by atomic mass is 9.94. The number of aliphatic hydroxyl groups excluding tert-OH is 1. The molecule has 2 aromatic rings. The van der Waals surface area contributed by atoms with Crippen LogP contribution in [0.4, 0.5) is 4.39 Å². The average molecular weight is 259 g/mol. The van der Waals surface area contributed by atoms with E-state index >= 15 is 0 Å². The summed E-state index contributed by atoms with van der Waals surface area (Å²) in [5, 5.41) is 10.2. The van der Waals surface area contributed by atoms with Gasteiger partial charge in [-0.2, -0.15) is 0 Å². The number of benzene rings is 2. The Morgan fingerprint density at radius 1 is 1.16 bits per heavy atom. The lowest BCUT2D eigenvalue weighted by Crippen LogP contribution is -2.28. The van der Waals surface area contributed by atoms with Crippen LogP contribution in [0.1, 0.15) is 22.7 Å². The number of rotatable bonds is 4. The molecule has 0 saturated heterocycles. The van der Waals surface area contributed by atoms with Gasteiger partial charge in [0.25, 0.3) is 0 Å². The van der Waals surface area contributed by atoms with Gasteiger partial charge in [0.2, 0.25) is 0 Å². The van der Waals surface area contributed by atoms with Crippen LogP contribution < -0.4 is 5.73 Å². The molecular weight excluding hydrogens is 241 g/mol. The molecule has 0 aromatic heterocycles. The first-order valence-electron chi connectivity index (χ1n) is 6.31. The molecule has 3 N–H and O–H groups in total. The highest BCUT2D eigenvalue weighted by atomic mass is 19.1. The summed E-state index contributed by atoms with van der Waals surface area (Å²) in [4.78, 5) is 0. The molecule has 0 aliphatic rings. The largest absolute Gasteiger partial charge is 0.391 e. The Morgan fingerprint density at radius 3 is 2.53 bits per heavy atom. The van der Waals surface area contributed by atoms with E-state index in [9.17, 15) is 9.50 Å². The molecule has 2 atom stereocenters. The maximum absolute atomic E-state index is 13.3. The van der Waals surface area contributed by atoms with E-state index in [0.29, 0.717) is 12.0 Å². The summed E-state index contributed by atoms with van der Waals surface area (Å²) in [6, 6.07) is 13.5. The van der Waals surface area contributed by atoms with E-state index in [-0.39, 0.29) is 5.82 Å². The van der Waals surface area contributed by atoms with Crippen molar-refractivity contribution in [3.05, 3.63) is 71.0 Å². The van der Waals surface area contributed by atoms with E-state index in [1.54, 1.807) is 6.07 Å². The number of aryl methyl sites for hydroxylation is 1. The first-order valence-corrected chi connectivity index (χ1v) is 6.31. The topological polar surface area (TPSA) is 46.2 Å². The van der Waals surface area contributed by atoms with Crippen LogP contribution in [0, 0.1) is 12.7 Å². The Labute approximate surface area is 112 Å². The molecule has 0 unspecified atom stereocenters. The predicted octanol–water partition coefficient (Wildman–Crippen LogP) is 2.74. The van der Waals surface area contributed by atoms with Crippen LogP contribution in [-0.2, 0) is 6.42 Å². The number of hydrogen-bond donors (Lipinski definition) is 2. The highest BCUT2D eigenvalue weighted by molar-refractivity contribution is 5.30. The van der Waals surface area contributed by atoms with E-state index in [0.717, 1.165) is 11.1 Å². The van der Waals surface area contributed by atoms with Crippen molar-refractivity contribution in [1.29, 1.82) is 0 Å². The second kappa shape index (κ2) is 5.95. The molecule has 0 radical (unpaired) electrons. The molecule has 0 saturated carbocycles. The zero-order chi connectivity index (χ0) is 13.8. The Bertz CT molecular complexity index is 542. The van der Waals surface area contributed by atoms with Crippen molar-refractivity contribution >= 4 is 0 Å². The van der Waals surface area contributed by atoms with Gasteiger partial charge in [-0.15, -0.1) is 0 Å². The fourth-order valence-corrected chi connectivity index (χ4v) is 2.16. The van der Waals surface area contributed by atoms with Crippen LogP contribution in [0.15, 0.2) is 48.5 Å². The maximum atomic E-state index is 13.3. The van der Waals surface area contributed by atoms with Crippen LogP contribution in [0.2, 0.25) is 0 Å². The lowest BCUT2D eigenvalue weighted by molar-refractivity contribution is 0.144. The molecule has 2 aromatic carbocycles. The van der Waals surface area contributed by atoms with E-state index < -0.39 is 12.1 Å². The van der Waals surface area contributed by atoms with Crippen molar-refractivity contribution < 1.29 is 9.50 Å². The second-order valence-corrected chi connectivity index (χ2v) is 4.78. The quantitative estimate of drug-likeness (QED) is 0.887. The Balaban J connectivity index is 2.14. The van der Waals surface area contributed by atoms with Crippen LogP contribution in [0.5, 0.6) is 0 Å². The molecule has 0 heterocycles. The molecule has 2 nitrogen and oxygen atoms in total. The summed E-state index contributed by atoms with van der Waals surface area (Å²) in [5.41, 5.74) is 8.60. The summed E-state index contributed by atoms with van der Waals surface area (Å²) in [7, 11) is 0. The van der Waals surface area contributed by atoms with Gasteiger partial charge in [-0.05, 0) is 35.7 Å². The lowest BCUT2D eigenvalue weighted by Gasteiger charge is -2.21. The van der Waals surface area contributed by atoms with Gasteiger partial charge in [0, 0.05) is 6.42 Å². The normalized spacial score (nSPS) is 14.1. The Hall–Kier alpha value is -1.71. The van der Waals surface area contributed by atoms with Crippen molar-refractivity contribution in [2.75, 3.05) is 0 Å². The standard InChI is InChI=1S/C16H18FNO/c1-11-7-8-13(17)10-14(11)16(18)15(19)9-12-5-3-2-4-6-12/h2-8,10,15-16,19H,9,18H2,1H3/t15-,16+/m1/s1. The van der Waals surface area contributed by atoms with Crippen LogP contribution >= 0.6 is 0 Å². The third-order valence-electron chi connectivity index (χ3n) is 3.30. The fourth-order valence-electron chi connectivity index (χ4n) is 2.16. The maximum Gasteiger partial charge on any atom is 0.123 e. The highest BCUT2D eigenvalue weighted by Crippen LogP contribution is 2.22. The molecule has 0 aliphatic heterocycles. The number of hydrogen-bond acceptors (Lipinski definition) is 2. The molecule has 2 rings (SSSR count). The molecular formula is C16H18FNO. The summed E-state index contributed by atoms with van der Waals surface area (Å²) >= 11 is 0. The number of nitrogens with two attached hydrogens (primary N) is 1. The Morgan fingerprint density at radius 2 is 1.84 bits per heavy atom. The fraction of sp³-hybridized carbons (Fsp3) is 0.250. The minimum atomic E-state index is -0.733. The summed E-state index contributed by atoms with van der Waals surface area (Å²) in [6.45, 7) is 1.86. The average Bonchev–Trinajstić information content (AvgIpc) is 2.42. The van der Waals surface area contributed by atoms with Gasteiger partial charge in [-0.25, -0.2) is 4.39 Å². The molecule has 0 bridgehead atoms. The van der Waals surface area contributed by atoms with Gasteiger partial charge < -0.3 is 10.8 Å². The molecule has 100 valence electrons. The van der Waals surface area contributed by atoms with Crippen molar-refractivity contribution in [3.63, 3.8) is 0 Å². The van der Waals surface area contributed by atoms with Gasteiger partial charge in [0.15, 0.2) is 0 Å². The van der Waals surface area contributed by atoms with Gasteiger partial charge in [-0.1, -0.05) is 36.4 Å². The molecule has 3 heteroatoms. The predicted molar refractivity (Wildman–Crippen MR) is 74.2 cm³/mol. The van der Waals surface area contributed by atoms with Crippen molar-refractivity contribution in [1.82, 2.24) is 0 Å². The van der Waals surface area contributed by atoms with Crippen LogP contribution in [-0.4, -0.2) is 11.2 Å². The first-order chi connectivity index (χ1) is 9.08. The zero-order valence-electron chi connectivity index (χ0n) is 10.9. The van der Waals surface area contributed by atoms with Gasteiger partial charge in [0.1, 0.15) is 5.82 Å². The van der Waals surface area contributed by atoms with Crippen molar-refractivity contribution in [2.24, 2.45) is 5.73 Å². The third kappa shape index (κ3) is 3.40. The summed E-state index contributed by atoms with van der Waals surface area (Å²) in [5.74, 6) is -0.331. The zero-order valence-corrected chi connectivity index (χ0v) is 10.9. The van der Waals surface area contributed by atoms with E-state index in [2.05, 4.69) is 0 Å². The highest BCUT2D eigenvalue weighted by Gasteiger charge is 2.19. The molecule has 0 spiro atoms. The Kier molecular flexibility index (Phi) is 4.30. The minimum absolute atomic E-state index is 0.331. The minimum Gasteiger partial charge on any atom is -0.391 e. The van der Waals surface area contributed by atoms with Crippen LogP contribution in [0.3, 0.4) is 0 Å². The molecule has 0 amide bonds. The molecule has 0 fully saturated rings. The SMILES string of the molecule is Cc1ccc(F)cc1[C@H](N)[C@H](O)Cc1ccccc1. The van der Waals surface area contributed by atoms with E-state index in [1.807, 2.05) is 37.3 Å². The monoisotopic (exact) mass is 259 g/mol. The van der Waals surface area contributed by atoms with Crippen LogP contribution in [0.25, 0.3) is 0 Å². The van der Waals surface area contributed by atoms with Crippen molar-refractivity contribution in [3.8, 4) is 0 Å². The third-order valence-corrected chi connectivity index (χ3v) is 3.30. The number of aliphatic hydroxyl groups is 1. The van der Waals surface area contributed by atoms with E-state index in [4.69, 9.17) is 5.73 Å². The van der Waals surface area contributed by atoms with Gasteiger partial charge in [0.05, 0.1) is 12.1 Å². The second-order valence-electron chi connectivity index (χ2n) is 4.78. The van der Waals surface area contributed by atoms with E-state index in [1.165, 1.54) is 12.1 Å². The first kappa shape index (κ1) is 13.7. The summed E-state index contributed by atoms with van der Waals surface area (Å²) in [6.07, 6.45) is -0.277. The van der Waals surface area contributed by atoms with Gasteiger partial charge in [-0.3, -0.25) is 0 Å². The van der Waals surface area contributed by atoms with Gasteiger partial charge >= 0.3 is 0 Å².